The number of carbonyl (C=O) groups excluding carboxylic acids is 2. The molecule has 34 heavy (non-hydrogen) atoms. The van der Waals surface area contributed by atoms with Crippen molar-refractivity contribution in [1.82, 2.24) is 0 Å². The van der Waals surface area contributed by atoms with Crippen LogP contribution in [-0.2, 0) is 28.5 Å². The summed E-state index contributed by atoms with van der Waals surface area (Å²) in [5.74, 6) is 0.825. The lowest BCUT2D eigenvalue weighted by atomic mass is 9.60. The van der Waals surface area contributed by atoms with Crippen LogP contribution in [0, 0.1) is 17.3 Å². The summed E-state index contributed by atoms with van der Waals surface area (Å²) in [4.78, 5) is 23.9. The number of ether oxygens (including phenoxy) is 4. The van der Waals surface area contributed by atoms with E-state index in [9.17, 15) is 9.59 Å². The second kappa shape index (κ2) is 13.2. The maximum absolute atomic E-state index is 12.0. The highest BCUT2D eigenvalue weighted by Gasteiger charge is 2.41. The molecule has 0 bridgehead atoms. The van der Waals surface area contributed by atoms with Crippen molar-refractivity contribution in [2.75, 3.05) is 13.2 Å². The van der Waals surface area contributed by atoms with Crippen LogP contribution in [0.1, 0.15) is 113 Å². The molecule has 0 amide bonds. The molecule has 6 heteroatoms. The van der Waals surface area contributed by atoms with Crippen molar-refractivity contribution in [2.24, 2.45) is 17.3 Å². The molecule has 0 spiro atoms. The first-order valence-electron chi connectivity index (χ1n) is 13.5. The third kappa shape index (κ3) is 9.85. The molecule has 0 aliphatic heterocycles. The average molecular weight is 483 g/mol. The standard InChI is InChI=1S/C28H50O6/c1-8-9-20(2)33-25(29)18-31-23-14-10-21(11-15-23)28(6,7)22-12-16-24(17-13-22)32-19-26(30)34-27(3,4)5/h20-24H,8-19H2,1-7H3. The van der Waals surface area contributed by atoms with Crippen molar-refractivity contribution in [3.63, 3.8) is 0 Å². The van der Waals surface area contributed by atoms with Crippen molar-refractivity contribution >= 4 is 11.9 Å². The fraction of sp³-hybridized carbons (Fsp3) is 0.929. The van der Waals surface area contributed by atoms with Crippen LogP contribution in [0.5, 0.6) is 0 Å². The molecule has 0 radical (unpaired) electrons. The molecule has 0 N–H and O–H groups in total. The first-order valence-corrected chi connectivity index (χ1v) is 13.5. The number of hydrogen-bond donors (Lipinski definition) is 0. The predicted octanol–water partition coefficient (Wildman–Crippen LogP) is 6.24. The molecule has 2 aliphatic rings. The fourth-order valence-corrected chi connectivity index (χ4v) is 5.75. The first-order chi connectivity index (χ1) is 15.9. The van der Waals surface area contributed by atoms with Gasteiger partial charge >= 0.3 is 11.9 Å². The van der Waals surface area contributed by atoms with Gasteiger partial charge in [-0.15, -0.1) is 0 Å². The average Bonchev–Trinajstić information content (AvgIpc) is 2.76. The van der Waals surface area contributed by atoms with Gasteiger partial charge in [0.05, 0.1) is 18.3 Å². The third-order valence-electron chi connectivity index (χ3n) is 7.77. The van der Waals surface area contributed by atoms with E-state index in [1.807, 2.05) is 27.7 Å². The second-order valence-electron chi connectivity index (χ2n) is 12.1. The summed E-state index contributed by atoms with van der Waals surface area (Å²) < 4.78 is 22.5. The predicted molar refractivity (Wildman–Crippen MR) is 133 cm³/mol. The molecule has 2 aliphatic carbocycles. The fourth-order valence-electron chi connectivity index (χ4n) is 5.75. The van der Waals surface area contributed by atoms with Crippen LogP contribution in [0.4, 0.5) is 0 Å². The molecular weight excluding hydrogens is 432 g/mol. The molecule has 1 atom stereocenters. The van der Waals surface area contributed by atoms with Gasteiger partial charge in [-0.05, 0) is 103 Å². The monoisotopic (exact) mass is 482 g/mol. The Morgan fingerprint density at radius 3 is 1.62 bits per heavy atom. The van der Waals surface area contributed by atoms with Gasteiger partial charge in [-0.1, -0.05) is 27.2 Å². The van der Waals surface area contributed by atoms with Crippen LogP contribution in [-0.4, -0.2) is 49.1 Å². The van der Waals surface area contributed by atoms with E-state index >= 15 is 0 Å². The molecule has 0 aromatic heterocycles. The summed E-state index contributed by atoms with van der Waals surface area (Å²) in [6, 6.07) is 0. The summed E-state index contributed by atoms with van der Waals surface area (Å²) in [5, 5.41) is 0. The van der Waals surface area contributed by atoms with E-state index in [2.05, 4.69) is 20.8 Å². The van der Waals surface area contributed by atoms with Gasteiger partial charge in [0, 0.05) is 0 Å². The Hall–Kier alpha value is -1.14. The highest BCUT2D eigenvalue weighted by molar-refractivity contribution is 5.71. The maximum Gasteiger partial charge on any atom is 0.332 e. The van der Waals surface area contributed by atoms with E-state index in [1.165, 1.54) is 0 Å². The van der Waals surface area contributed by atoms with Gasteiger partial charge in [-0.3, -0.25) is 0 Å². The lowest BCUT2D eigenvalue weighted by Gasteiger charge is -2.46. The molecule has 0 heterocycles. The Balaban J connectivity index is 1.68. The molecule has 0 saturated heterocycles. The van der Waals surface area contributed by atoms with Gasteiger partial charge in [-0.25, -0.2) is 9.59 Å². The zero-order valence-electron chi connectivity index (χ0n) is 22.8. The van der Waals surface area contributed by atoms with Crippen LogP contribution in [0.3, 0.4) is 0 Å². The minimum Gasteiger partial charge on any atom is -0.461 e. The number of rotatable bonds is 11. The van der Waals surface area contributed by atoms with E-state index < -0.39 is 5.60 Å². The molecule has 2 saturated carbocycles. The van der Waals surface area contributed by atoms with Crippen LogP contribution in [0.15, 0.2) is 0 Å². The Kier molecular flexibility index (Phi) is 11.3. The van der Waals surface area contributed by atoms with E-state index in [-0.39, 0.29) is 48.9 Å². The smallest absolute Gasteiger partial charge is 0.332 e. The third-order valence-corrected chi connectivity index (χ3v) is 7.77. The molecule has 1 unspecified atom stereocenters. The van der Waals surface area contributed by atoms with Crippen LogP contribution in [0.25, 0.3) is 0 Å². The highest BCUT2D eigenvalue weighted by Crippen LogP contribution is 2.48. The van der Waals surface area contributed by atoms with Gasteiger partial charge in [0.2, 0.25) is 0 Å². The van der Waals surface area contributed by atoms with Gasteiger partial charge in [0.15, 0.2) is 0 Å². The zero-order chi connectivity index (χ0) is 25.4. The number of esters is 2. The molecular formula is C28H50O6. The Bertz CT molecular complexity index is 621. The quantitative estimate of drug-likeness (QED) is 0.325. The summed E-state index contributed by atoms with van der Waals surface area (Å²) in [7, 11) is 0. The summed E-state index contributed by atoms with van der Waals surface area (Å²) >= 11 is 0. The minimum absolute atomic E-state index is 0.0320. The number of carbonyl (C=O) groups is 2. The van der Waals surface area contributed by atoms with Gasteiger partial charge < -0.3 is 18.9 Å². The SMILES string of the molecule is CCCC(C)OC(=O)COC1CCC(C(C)(C)C2CCC(OCC(=O)OC(C)(C)C)CC2)CC1. The first kappa shape index (κ1) is 29.1. The maximum atomic E-state index is 12.0. The minimum atomic E-state index is -0.470. The van der Waals surface area contributed by atoms with Crippen LogP contribution >= 0.6 is 0 Å². The van der Waals surface area contributed by atoms with Gasteiger partial charge in [-0.2, -0.15) is 0 Å². The van der Waals surface area contributed by atoms with Crippen molar-refractivity contribution in [2.45, 2.75) is 137 Å². The topological polar surface area (TPSA) is 71.1 Å². The zero-order valence-corrected chi connectivity index (χ0v) is 22.8. The summed E-state index contributed by atoms with van der Waals surface area (Å²) in [6.07, 6.45) is 10.8. The van der Waals surface area contributed by atoms with E-state index in [4.69, 9.17) is 18.9 Å². The van der Waals surface area contributed by atoms with E-state index in [1.54, 1.807) is 0 Å². The van der Waals surface area contributed by atoms with Crippen molar-refractivity contribution in [1.29, 1.82) is 0 Å². The number of hydrogen-bond acceptors (Lipinski definition) is 6. The lowest BCUT2D eigenvalue weighted by molar-refractivity contribution is -0.163. The second-order valence-corrected chi connectivity index (χ2v) is 12.1. The van der Waals surface area contributed by atoms with Crippen molar-refractivity contribution < 1.29 is 28.5 Å². The molecule has 0 aromatic rings. The van der Waals surface area contributed by atoms with Crippen molar-refractivity contribution in [3.05, 3.63) is 0 Å². The lowest BCUT2D eigenvalue weighted by Crippen LogP contribution is -2.39. The van der Waals surface area contributed by atoms with E-state index in [0.717, 1.165) is 64.2 Å². The Morgan fingerprint density at radius 2 is 1.21 bits per heavy atom. The molecule has 2 rings (SSSR count). The van der Waals surface area contributed by atoms with Crippen LogP contribution < -0.4 is 0 Å². The molecule has 198 valence electrons. The summed E-state index contributed by atoms with van der Waals surface area (Å²) in [6.45, 7) is 14.6. The van der Waals surface area contributed by atoms with E-state index in [0.29, 0.717) is 11.8 Å². The highest BCUT2D eigenvalue weighted by atomic mass is 16.6. The molecule has 2 fully saturated rings. The normalized spacial score (nSPS) is 27.1. The Morgan fingerprint density at radius 1 is 0.765 bits per heavy atom. The van der Waals surface area contributed by atoms with Gasteiger partial charge in [0.1, 0.15) is 18.8 Å². The molecule has 6 nitrogen and oxygen atoms in total. The van der Waals surface area contributed by atoms with Gasteiger partial charge in [0.25, 0.3) is 0 Å². The Labute approximate surface area is 207 Å². The van der Waals surface area contributed by atoms with Crippen LogP contribution in [0.2, 0.25) is 0 Å². The summed E-state index contributed by atoms with van der Waals surface area (Å²) in [5.41, 5.74) is -0.196. The largest absolute Gasteiger partial charge is 0.461 e. The molecule has 0 aromatic carbocycles. The van der Waals surface area contributed by atoms with Crippen molar-refractivity contribution in [3.8, 4) is 0 Å².